The fourth-order valence-corrected chi connectivity index (χ4v) is 3.58. The van der Waals surface area contributed by atoms with Crippen molar-refractivity contribution >= 4 is 63.0 Å². The number of pyridine rings is 2. The molecule has 0 aliphatic heterocycles. The molecule has 3 heterocycles. The number of aromatic amines is 1. The molecule has 0 aliphatic rings. The molecule has 0 aromatic carbocycles. The first-order valence-electron chi connectivity index (χ1n) is 5.54. The highest BCUT2D eigenvalue weighted by Crippen LogP contribution is 2.34. The molecule has 0 spiro atoms. The first-order valence-corrected chi connectivity index (χ1v) is 9.65. The molecule has 0 unspecified atom stereocenters. The van der Waals surface area contributed by atoms with Gasteiger partial charge in [-0.2, -0.15) is 0 Å². The fraction of sp³-hybridized carbons (Fsp3) is 0. The van der Waals surface area contributed by atoms with Crippen LogP contribution < -0.4 is 11.3 Å². The van der Waals surface area contributed by atoms with E-state index in [1.165, 1.54) is 9.12 Å². The second kappa shape index (κ2) is 5.41. The topological polar surface area (TPSA) is 76.7 Å². The van der Waals surface area contributed by atoms with Crippen LogP contribution in [-0.2, 0) is 0 Å². The van der Waals surface area contributed by atoms with Crippen LogP contribution >= 0.6 is 46.3 Å². The molecule has 0 fully saturated rings. The minimum atomic E-state index is -0.278. The molecule has 0 atom stereocenters. The van der Waals surface area contributed by atoms with Crippen LogP contribution in [0.15, 0.2) is 40.0 Å². The summed E-state index contributed by atoms with van der Waals surface area (Å²) in [5.41, 5.74) is 8.31. The second-order valence-electron chi connectivity index (χ2n) is 4.14. The standard InChI is InChI=1S/C12H8BrIN4OS/c13-7-2-8-9(5-18(20-14)11(8)16-4-7)6-1-10(15)12(19)17-3-6/h1-5H,15H2,(H,17,19). The first kappa shape index (κ1) is 14.0. The molecule has 0 aliphatic carbocycles. The molecule has 8 heteroatoms. The second-order valence-corrected chi connectivity index (χ2v) is 6.76. The molecule has 0 radical (unpaired) electrons. The zero-order chi connectivity index (χ0) is 14.3. The maximum absolute atomic E-state index is 11.4. The zero-order valence-corrected chi connectivity index (χ0v) is 14.5. The summed E-state index contributed by atoms with van der Waals surface area (Å²) in [6.45, 7) is 0. The van der Waals surface area contributed by atoms with Crippen LogP contribution in [0.5, 0.6) is 0 Å². The van der Waals surface area contributed by atoms with Crippen molar-refractivity contribution in [1.29, 1.82) is 0 Å². The first-order chi connectivity index (χ1) is 9.60. The number of hydrogen-bond donors (Lipinski definition) is 2. The van der Waals surface area contributed by atoms with E-state index in [4.69, 9.17) is 5.73 Å². The van der Waals surface area contributed by atoms with Gasteiger partial charge in [-0.15, -0.1) is 0 Å². The van der Waals surface area contributed by atoms with Crippen LogP contribution in [0, 0.1) is 0 Å². The third-order valence-corrected chi connectivity index (χ3v) is 5.03. The van der Waals surface area contributed by atoms with Gasteiger partial charge in [-0.1, -0.05) is 0 Å². The molecule has 3 rings (SSSR count). The molecule has 0 saturated carbocycles. The number of aromatic nitrogens is 3. The van der Waals surface area contributed by atoms with Crippen molar-refractivity contribution in [3.63, 3.8) is 0 Å². The Morgan fingerprint density at radius 2 is 2.25 bits per heavy atom. The van der Waals surface area contributed by atoms with E-state index in [0.717, 1.165) is 26.6 Å². The molecular weight excluding hydrogens is 455 g/mol. The molecule has 102 valence electrons. The highest BCUT2D eigenvalue weighted by atomic mass is 127. The van der Waals surface area contributed by atoms with Crippen molar-refractivity contribution in [2.45, 2.75) is 0 Å². The van der Waals surface area contributed by atoms with E-state index >= 15 is 0 Å². The number of rotatable bonds is 2. The minimum absolute atomic E-state index is 0.202. The zero-order valence-electron chi connectivity index (χ0n) is 9.93. The summed E-state index contributed by atoms with van der Waals surface area (Å²) >= 11 is 5.63. The van der Waals surface area contributed by atoms with Crippen molar-refractivity contribution in [2.75, 3.05) is 5.73 Å². The smallest absolute Gasteiger partial charge is 0.271 e. The Morgan fingerprint density at radius 3 is 2.95 bits per heavy atom. The SMILES string of the molecule is Nc1cc(-c2cn(SI)c3ncc(Br)cc23)c[nH]c1=O. The highest BCUT2D eigenvalue weighted by Gasteiger charge is 2.13. The third-order valence-electron chi connectivity index (χ3n) is 2.90. The van der Waals surface area contributed by atoms with Crippen LogP contribution in [0.4, 0.5) is 5.69 Å². The van der Waals surface area contributed by atoms with Gasteiger partial charge in [0.1, 0.15) is 0 Å². The van der Waals surface area contributed by atoms with E-state index in [2.05, 4.69) is 47.1 Å². The van der Waals surface area contributed by atoms with Crippen LogP contribution in [0.25, 0.3) is 22.2 Å². The lowest BCUT2D eigenvalue weighted by molar-refractivity contribution is 1.24. The van der Waals surface area contributed by atoms with Crippen LogP contribution in [0.3, 0.4) is 0 Å². The van der Waals surface area contributed by atoms with Crippen molar-refractivity contribution in [1.82, 2.24) is 13.9 Å². The molecule has 0 bridgehead atoms. The van der Waals surface area contributed by atoms with Crippen LogP contribution in [0.1, 0.15) is 0 Å². The minimum Gasteiger partial charge on any atom is -0.394 e. The van der Waals surface area contributed by atoms with Gasteiger partial charge in [0.05, 0.1) is 5.69 Å². The van der Waals surface area contributed by atoms with Crippen LogP contribution in [0.2, 0.25) is 0 Å². The predicted molar refractivity (Wildman–Crippen MR) is 94.9 cm³/mol. The third kappa shape index (κ3) is 2.35. The lowest BCUT2D eigenvalue weighted by Gasteiger charge is -2.00. The lowest BCUT2D eigenvalue weighted by atomic mass is 10.1. The van der Waals surface area contributed by atoms with Crippen molar-refractivity contribution in [2.24, 2.45) is 0 Å². The normalized spacial score (nSPS) is 11.1. The van der Waals surface area contributed by atoms with Gasteiger partial charge in [-0.3, -0.25) is 8.77 Å². The molecule has 0 amide bonds. The Kier molecular flexibility index (Phi) is 3.78. The van der Waals surface area contributed by atoms with Gasteiger partial charge in [0.2, 0.25) is 0 Å². The van der Waals surface area contributed by atoms with Crippen molar-refractivity contribution < 1.29 is 0 Å². The quantitative estimate of drug-likeness (QED) is 0.570. The molecule has 3 aromatic rings. The Hall–Kier alpha value is -1.00. The number of hydrogen-bond acceptors (Lipinski definition) is 4. The maximum Gasteiger partial charge on any atom is 0.271 e. The predicted octanol–water partition coefficient (Wildman–Crippen LogP) is 3.58. The van der Waals surface area contributed by atoms with Crippen LogP contribution in [-0.4, -0.2) is 13.9 Å². The van der Waals surface area contributed by atoms with Gasteiger partial charge in [0, 0.05) is 69.9 Å². The monoisotopic (exact) mass is 462 g/mol. The largest absolute Gasteiger partial charge is 0.394 e. The Balaban J connectivity index is 2.32. The van der Waals surface area contributed by atoms with Gasteiger partial charge in [0.15, 0.2) is 5.65 Å². The Morgan fingerprint density at radius 1 is 1.45 bits per heavy atom. The van der Waals surface area contributed by atoms with E-state index in [1.54, 1.807) is 18.5 Å². The lowest BCUT2D eigenvalue weighted by Crippen LogP contribution is -2.10. The Bertz CT molecular complexity index is 860. The summed E-state index contributed by atoms with van der Waals surface area (Å²) < 4.78 is 2.87. The van der Waals surface area contributed by atoms with E-state index in [1.807, 2.05) is 16.2 Å². The number of H-pyrrole nitrogens is 1. The molecular formula is C12H8BrIN4OS. The van der Waals surface area contributed by atoms with E-state index in [9.17, 15) is 4.79 Å². The number of nitrogens with one attached hydrogen (secondary N) is 1. The number of nitrogens with two attached hydrogens (primary N) is 1. The summed E-state index contributed by atoms with van der Waals surface area (Å²) in [5, 5.41) is 0.995. The number of halogens is 2. The van der Waals surface area contributed by atoms with Gasteiger partial charge in [-0.05, 0) is 28.1 Å². The number of nitrogens with zero attached hydrogens (tertiary/aromatic N) is 2. The maximum atomic E-state index is 11.4. The van der Waals surface area contributed by atoms with Gasteiger partial charge in [-0.25, -0.2) is 4.98 Å². The summed E-state index contributed by atoms with van der Waals surface area (Å²) in [6.07, 6.45) is 5.40. The summed E-state index contributed by atoms with van der Waals surface area (Å²) in [7, 11) is 1.53. The van der Waals surface area contributed by atoms with Gasteiger partial charge >= 0.3 is 0 Å². The number of anilines is 1. The fourth-order valence-electron chi connectivity index (χ4n) is 1.99. The summed E-state index contributed by atoms with van der Waals surface area (Å²) in [6, 6.07) is 3.68. The molecule has 5 nitrogen and oxygen atoms in total. The van der Waals surface area contributed by atoms with Gasteiger partial charge in [0.25, 0.3) is 5.56 Å². The average Bonchev–Trinajstić information content (AvgIpc) is 2.79. The molecule has 20 heavy (non-hydrogen) atoms. The average molecular weight is 463 g/mol. The molecule has 0 saturated heterocycles. The molecule has 3 N–H and O–H groups in total. The van der Waals surface area contributed by atoms with Crippen molar-refractivity contribution in [3.8, 4) is 11.1 Å². The molecule has 3 aromatic heterocycles. The number of fused-ring (bicyclic) bond motifs is 1. The van der Waals surface area contributed by atoms with E-state index < -0.39 is 0 Å². The highest BCUT2D eigenvalue weighted by molar-refractivity contribution is 14.2. The Labute approximate surface area is 138 Å². The number of nitrogen functional groups attached to an aromatic ring is 1. The van der Waals surface area contributed by atoms with Gasteiger partial charge < -0.3 is 10.7 Å². The summed E-state index contributed by atoms with van der Waals surface area (Å²) in [4.78, 5) is 18.4. The van der Waals surface area contributed by atoms with Crippen molar-refractivity contribution in [3.05, 3.63) is 45.5 Å². The summed E-state index contributed by atoms with van der Waals surface area (Å²) in [5.74, 6) is 0. The van der Waals surface area contributed by atoms with E-state index in [0.29, 0.717) is 0 Å². The van der Waals surface area contributed by atoms with E-state index in [-0.39, 0.29) is 11.2 Å².